The number of rotatable bonds is 7. The van der Waals surface area contributed by atoms with Gasteiger partial charge in [-0.15, -0.1) is 0 Å². The maximum Gasteiger partial charge on any atom is 0.326 e. The van der Waals surface area contributed by atoms with E-state index in [9.17, 15) is 9.59 Å². The number of aliphatic carboxylic acids is 1. The molecule has 1 unspecified atom stereocenters. The molecule has 0 bridgehead atoms. The van der Waals surface area contributed by atoms with Gasteiger partial charge in [0.15, 0.2) is 0 Å². The molecular weight excluding hydrogens is 244 g/mol. The Hall–Kier alpha value is -1.88. The summed E-state index contributed by atoms with van der Waals surface area (Å²) in [4.78, 5) is 22.8. The van der Waals surface area contributed by atoms with Crippen molar-refractivity contribution in [1.29, 1.82) is 0 Å². The van der Waals surface area contributed by atoms with Crippen molar-refractivity contribution in [2.24, 2.45) is 5.73 Å². The molecular formula is C14H20N2O3. The number of carboxylic acids is 1. The van der Waals surface area contributed by atoms with Gasteiger partial charge in [-0.3, -0.25) is 4.79 Å². The van der Waals surface area contributed by atoms with E-state index in [1.54, 1.807) is 0 Å². The van der Waals surface area contributed by atoms with E-state index in [1.807, 2.05) is 37.3 Å². The van der Waals surface area contributed by atoms with Crippen LogP contribution in [0.5, 0.6) is 0 Å². The normalized spacial score (nSPS) is 13.6. The monoisotopic (exact) mass is 264 g/mol. The molecule has 2 atom stereocenters. The van der Waals surface area contributed by atoms with Crippen molar-refractivity contribution in [2.75, 3.05) is 0 Å². The smallest absolute Gasteiger partial charge is 0.326 e. The molecule has 0 saturated carbocycles. The van der Waals surface area contributed by atoms with E-state index in [4.69, 9.17) is 10.8 Å². The summed E-state index contributed by atoms with van der Waals surface area (Å²) in [5.74, 6) is -1.36. The van der Waals surface area contributed by atoms with Crippen molar-refractivity contribution in [3.8, 4) is 0 Å². The maximum atomic E-state index is 11.7. The Morgan fingerprint density at radius 3 is 2.47 bits per heavy atom. The average molecular weight is 264 g/mol. The van der Waals surface area contributed by atoms with Crippen molar-refractivity contribution < 1.29 is 14.7 Å². The van der Waals surface area contributed by atoms with Gasteiger partial charge in [-0.05, 0) is 12.0 Å². The number of carbonyl (C=O) groups is 2. The first-order valence-corrected chi connectivity index (χ1v) is 6.34. The molecule has 0 aliphatic carbocycles. The maximum absolute atomic E-state index is 11.7. The van der Waals surface area contributed by atoms with E-state index >= 15 is 0 Å². The number of nitrogens with two attached hydrogens (primary N) is 1. The lowest BCUT2D eigenvalue weighted by atomic mass is 10.1. The second-order valence-electron chi connectivity index (χ2n) is 4.52. The molecule has 0 saturated heterocycles. The van der Waals surface area contributed by atoms with Crippen LogP contribution in [0, 0.1) is 0 Å². The van der Waals surface area contributed by atoms with Crippen LogP contribution in [0.25, 0.3) is 0 Å². The Morgan fingerprint density at radius 1 is 1.32 bits per heavy atom. The summed E-state index contributed by atoms with van der Waals surface area (Å²) in [5.41, 5.74) is 6.54. The molecule has 0 spiro atoms. The minimum atomic E-state index is -1.04. The van der Waals surface area contributed by atoms with Crippen LogP contribution in [-0.4, -0.2) is 29.1 Å². The molecule has 104 valence electrons. The lowest BCUT2D eigenvalue weighted by Crippen LogP contribution is -2.44. The lowest BCUT2D eigenvalue weighted by molar-refractivity contribution is -0.141. The van der Waals surface area contributed by atoms with Gasteiger partial charge in [0.25, 0.3) is 0 Å². The van der Waals surface area contributed by atoms with Gasteiger partial charge in [-0.1, -0.05) is 37.3 Å². The van der Waals surface area contributed by atoms with Crippen molar-refractivity contribution >= 4 is 11.9 Å². The quantitative estimate of drug-likeness (QED) is 0.683. The van der Waals surface area contributed by atoms with Crippen LogP contribution < -0.4 is 11.1 Å². The summed E-state index contributed by atoms with van der Waals surface area (Å²) in [6.45, 7) is 1.89. The zero-order valence-corrected chi connectivity index (χ0v) is 11.0. The minimum absolute atomic E-state index is 0.148. The van der Waals surface area contributed by atoms with E-state index in [0.717, 1.165) is 5.56 Å². The third-order valence-corrected chi connectivity index (χ3v) is 2.89. The predicted octanol–water partition coefficient (Wildman–Crippen LogP) is 0.926. The second kappa shape index (κ2) is 7.53. The molecule has 0 radical (unpaired) electrons. The summed E-state index contributed by atoms with van der Waals surface area (Å²) >= 11 is 0. The fourth-order valence-corrected chi connectivity index (χ4v) is 1.69. The van der Waals surface area contributed by atoms with Crippen molar-refractivity contribution in [3.05, 3.63) is 35.9 Å². The number of hydrogen-bond donors (Lipinski definition) is 3. The molecule has 0 aliphatic rings. The van der Waals surface area contributed by atoms with Gasteiger partial charge in [0.1, 0.15) is 6.04 Å². The van der Waals surface area contributed by atoms with Gasteiger partial charge in [-0.2, -0.15) is 0 Å². The topological polar surface area (TPSA) is 92.4 Å². The Kier molecular flexibility index (Phi) is 6.02. The van der Waals surface area contributed by atoms with Crippen molar-refractivity contribution in [2.45, 2.75) is 38.3 Å². The molecule has 0 heterocycles. The fraction of sp³-hybridized carbons (Fsp3) is 0.429. The van der Waals surface area contributed by atoms with Crippen LogP contribution in [0.2, 0.25) is 0 Å². The summed E-state index contributed by atoms with van der Waals surface area (Å²) in [5, 5.41) is 11.6. The predicted molar refractivity (Wildman–Crippen MR) is 72.6 cm³/mol. The standard InChI is InChI=1S/C14H20N2O3/c1-2-11(15)9-13(17)16-12(14(18)19)8-10-6-4-3-5-7-10/h3-7,11-12H,2,8-9,15H2,1H3,(H,16,17)(H,18,19)/t11?,12-/m0/s1. The second-order valence-corrected chi connectivity index (χ2v) is 4.52. The summed E-state index contributed by atoms with van der Waals surface area (Å²) in [7, 11) is 0. The lowest BCUT2D eigenvalue weighted by Gasteiger charge is -2.16. The molecule has 5 heteroatoms. The summed E-state index contributed by atoms with van der Waals surface area (Å²) in [6, 6.07) is 8.05. The molecule has 1 rings (SSSR count). The Morgan fingerprint density at radius 2 is 1.95 bits per heavy atom. The highest BCUT2D eigenvalue weighted by Crippen LogP contribution is 2.04. The van der Waals surface area contributed by atoms with Crippen LogP contribution in [0.1, 0.15) is 25.3 Å². The Balaban J connectivity index is 2.59. The SMILES string of the molecule is CCC(N)CC(=O)N[C@@H](Cc1ccccc1)C(=O)O. The minimum Gasteiger partial charge on any atom is -0.480 e. The Bertz CT molecular complexity index is 420. The first-order valence-electron chi connectivity index (χ1n) is 6.34. The largest absolute Gasteiger partial charge is 0.480 e. The van der Waals surface area contributed by atoms with Gasteiger partial charge in [0, 0.05) is 18.9 Å². The van der Waals surface area contributed by atoms with E-state index in [1.165, 1.54) is 0 Å². The number of benzene rings is 1. The molecule has 1 aromatic carbocycles. The van der Waals surface area contributed by atoms with Gasteiger partial charge >= 0.3 is 5.97 Å². The van der Waals surface area contributed by atoms with Crippen LogP contribution in [0.3, 0.4) is 0 Å². The van der Waals surface area contributed by atoms with Crippen molar-refractivity contribution in [3.63, 3.8) is 0 Å². The first-order chi connectivity index (χ1) is 9.02. The van der Waals surface area contributed by atoms with Gasteiger partial charge in [0.05, 0.1) is 0 Å². The van der Waals surface area contributed by atoms with Gasteiger partial charge in [0.2, 0.25) is 5.91 Å². The highest BCUT2D eigenvalue weighted by Gasteiger charge is 2.20. The molecule has 19 heavy (non-hydrogen) atoms. The van der Waals surface area contributed by atoms with E-state index in [0.29, 0.717) is 6.42 Å². The van der Waals surface area contributed by atoms with Crippen LogP contribution in [-0.2, 0) is 16.0 Å². The molecule has 0 fully saturated rings. The molecule has 1 amide bonds. The summed E-state index contributed by atoms with van der Waals surface area (Å²) in [6.07, 6.45) is 1.10. The molecule has 0 aliphatic heterocycles. The third-order valence-electron chi connectivity index (χ3n) is 2.89. The van der Waals surface area contributed by atoms with Crippen LogP contribution in [0.15, 0.2) is 30.3 Å². The zero-order valence-electron chi connectivity index (χ0n) is 11.0. The van der Waals surface area contributed by atoms with Crippen LogP contribution >= 0.6 is 0 Å². The Labute approximate surface area is 112 Å². The molecule has 4 N–H and O–H groups in total. The average Bonchev–Trinajstić information content (AvgIpc) is 2.38. The first kappa shape index (κ1) is 15.2. The van der Waals surface area contributed by atoms with E-state index < -0.39 is 12.0 Å². The van der Waals surface area contributed by atoms with E-state index in [2.05, 4.69) is 5.32 Å². The number of carbonyl (C=O) groups excluding carboxylic acids is 1. The van der Waals surface area contributed by atoms with Gasteiger partial charge in [-0.25, -0.2) is 4.79 Å². The van der Waals surface area contributed by atoms with E-state index in [-0.39, 0.29) is 24.8 Å². The highest BCUT2D eigenvalue weighted by atomic mass is 16.4. The van der Waals surface area contributed by atoms with Gasteiger partial charge < -0.3 is 16.2 Å². The van der Waals surface area contributed by atoms with Crippen molar-refractivity contribution in [1.82, 2.24) is 5.32 Å². The molecule has 5 nitrogen and oxygen atoms in total. The molecule has 0 aromatic heterocycles. The molecule has 1 aromatic rings. The number of hydrogen-bond acceptors (Lipinski definition) is 3. The summed E-state index contributed by atoms with van der Waals surface area (Å²) < 4.78 is 0. The number of nitrogens with one attached hydrogen (secondary N) is 1. The third kappa shape index (κ3) is 5.52. The van der Waals surface area contributed by atoms with Crippen LogP contribution in [0.4, 0.5) is 0 Å². The number of amides is 1. The fourth-order valence-electron chi connectivity index (χ4n) is 1.69. The number of carboxylic acid groups (broad SMARTS) is 1. The zero-order chi connectivity index (χ0) is 14.3. The highest BCUT2D eigenvalue weighted by molar-refractivity contribution is 5.84.